The zero-order valence-electron chi connectivity index (χ0n) is 42.5. The zero-order chi connectivity index (χ0) is 49.2. The molecule has 1 aliphatic rings. The molecule has 0 unspecified atom stereocenters. The van der Waals surface area contributed by atoms with Gasteiger partial charge in [0.25, 0.3) is 0 Å². The van der Waals surface area contributed by atoms with Crippen LogP contribution in [0.4, 0.5) is 0 Å². The molecule has 17 nitrogen and oxygen atoms in total. The summed E-state index contributed by atoms with van der Waals surface area (Å²) >= 11 is 0. The predicted molar refractivity (Wildman–Crippen MR) is 249 cm³/mol. The van der Waals surface area contributed by atoms with Crippen molar-refractivity contribution < 1.29 is 57.1 Å². The molecule has 1 aromatic rings. The Morgan fingerprint density at radius 3 is 1.02 bits per heavy atom. The Bertz CT molecular complexity index is 1580. The number of benzene rings is 1. The number of hydrogen-bond acceptors (Lipinski definition) is 17. The highest BCUT2D eigenvalue weighted by Gasteiger charge is 2.27. The minimum absolute atomic E-state index is 0.0584. The summed E-state index contributed by atoms with van der Waals surface area (Å²) in [4.78, 5) is 74.7. The third-order valence-electron chi connectivity index (χ3n) is 8.97. The summed E-state index contributed by atoms with van der Waals surface area (Å²) in [6.07, 6.45) is 0. The van der Waals surface area contributed by atoms with Gasteiger partial charge in [0.15, 0.2) is 11.5 Å². The van der Waals surface area contributed by atoms with Gasteiger partial charge in [-0.2, -0.15) is 0 Å². The number of carbonyl (C=O) groups excluding carboxylic acids is 5. The molecule has 1 aromatic carbocycles. The fraction of sp³-hybridized carbons (Fsp3) is 0.771. The van der Waals surface area contributed by atoms with E-state index in [9.17, 15) is 24.0 Å². The van der Waals surface area contributed by atoms with Gasteiger partial charge in [-0.15, -0.1) is 0 Å². The van der Waals surface area contributed by atoms with Crippen LogP contribution in [0.1, 0.15) is 104 Å². The van der Waals surface area contributed by atoms with Crippen molar-refractivity contribution in [3.05, 3.63) is 24.3 Å². The molecule has 0 atom stereocenters. The van der Waals surface area contributed by atoms with E-state index in [2.05, 4.69) is 4.90 Å². The molecule has 0 aliphatic carbocycles. The summed E-state index contributed by atoms with van der Waals surface area (Å²) in [6.45, 7) is 32.5. The Morgan fingerprint density at radius 2 is 0.708 bits per heavy atom. The second-order valence-electron chi connectivity index (χ2n) is 21.5. The molecule has 0 aromatic heterocycles. The van der Waals surface area contributed by atoms with Crippen molar-refractivity contribution in [1.29, 1.82) is 0 Å². The second-order valence-corrected chi connectivity index (χ2v) is 21.5. The molecule has 0 radical (unpaired) electrons. The van der Waals surface area contributed by atoms with Crippen LogP contribution in [0.3, 0.4) is 0 Å². The van der Waals surface area contributed by atoms with Crippen molar-refractivity contribution >= 4 is 29.8 Å². The molecule has 0 amide bonds. The van der Waals surface area contributed by atoms with Crippen LogP contribution in [0.5, 0.6) is 11.5 Å². The van der Waals surface area contributed by atoms with E-state index in [1.165, 1.54) is 0 Å². The van der Waals surface area contributed by atoms with Crippen LogP contribution in [0.2, 0.25) is 0 Å². The van der Waals surface area contributed by atoms with Gasteiger partial charge in [-0.1, -0.05) is 12.1 Å². The molecular formula is C48H83N5O12. The molecule has 372 valence electrons. The average Bonchev–Trinajstić information content (AvgIpc) is 3.09. The molecule has 0 bridgehead atoms. The van der Waals surface area contributed by atoms with Crippen molar-refractivity contribution in [2.24, 2.45) is 0 Å². The zero-order valence-corrected chi connectivity index (χ0v) is 42.5. The van der Waals surface area contributed by atoms with E-state index in [-0.39, 0.29) is 63.8 Å². The summed E-state index contributed by atoms with van der Waals surface area (Å²) in [5, 5.41) is 0. The largest absolute Gasteiger partial charge is 0.488 e. The van der Waals surface area contributed by atoms with Gasteiger partial charge in [0.1, 0.15) is 41.2 Å². The molecule has 17 heteroatoms. The smallest absolute Gasteiger partial charge is 0.320 e. The van der Waals surface area contributed by atoms with Gasteiger partial charge in [-0.3, -0.25) is 48.5 Å². The Morgan fingerprint density at radius 1 is 0.431 bits per heavy atom. The van der Waals surface area contributed by atoms with Gasteiger partial charge < -0.3 is 33.2 Å². The molecule has 2 rings (SSSR count). The molecule has 0 saturated carbocycles. The Labute approximate surface area is 389 Å². The summed E-state index contributed by atoms with van der Waals surface area (Å²) < 4.78 is 40.6. The Hall–Kier alpha value is -4.03. The summed E-state index contributed by atoms with van der Waals surface area (Å²) in [5.41, 5.74) is -3.30. The summed E-state index contributed by atoms with van der Waals surface area (Å²) in [5.74, 6) is -0.930. The minimum atomic E-state index is -0.684. The molecule has 1 saturated heterocycles. The first-order valence-electron chi connectivity index (χ1n) is 22.9. The summed E-state index contributed by atoms with van der Waals surface area (Å²) in [6, 6.07) is 7.31. The lowest BCUT2D eigenvalue weighted by atomic mass is 10.2. The van der Waals surface area contributed by atoms with Gasteiger partial charge in [-0.25, -0.2) is 0 Å². The first kappa shape index (κ1) is 57.1. The fourth-order valence-corrected chi connectivity index (χ4v) is 6.53. The first-order chi connectivity index (χ1) is 29.8. The number of ether oxygens (including phenoxy) is 7. The van der Waals surface area contributed by atoms with Crippen LogP contribution in [0.15, 0.2) is 24.3 Å². The second kappa shape index (κ2) is 25.8. The maximum Gasteiger partial charge on any atom is 0.320 e. The first-order valence-corrected chi connectivity index (χ1v) is 22.9. The lowest BCUT2D eigenvalue weighted by molar-refractivity contribution is -0.161. The van der Waals surface area contributed by atoms with E-state index in [1.54, 1.807) is 52.5 Å². The van der Waals surface area contributed by atoms with Crippen LogP contribution >= 0.6 is 0 Å². The van der Waals surface area contributed by atoms with Crippen LogP contribution in [0.25, 0.3) is 0 Å². The Balaban J connectivity index is 2.26. The number of rotatable bonds is 18. The Kier molecular flexibility index (Phi) is 22.6. The minimum Gasteiger partial charge on any atom is -0.488 e. The molecule has 1 fully saturated rings. The van der Waals surface area contributed by atoms with E-state index in [0.717, 1.165) is 0 Å². The molecule has 65 heavy (non-hydrogen) atoms. The molecule has 1 aliphatic heterocycles. The van der Waals surface area contributed by atoms with Gasteiger partial charge >= 0.3 is 29.8 Å². The highest BCUT2D eigenvalue weighted by Crippen LogP contribution is 2.26. The summed E-state index contributed by atoms with van der Waals surface area (Å²) in [7, 11) is 0. The van der Waals surface area contributed by atoms with Crippen LogP contribution in [-0.4, -0.2) is 194 Å². The normalized spacial score (nSPS) is 16.2. The monoisotopic (exact) mass is 922 g/mol. The number of esters is 5. The predicted octanol–water partition coefficient (Wildman–Crippen LogP) is 4.68. The molecule has 1 heterocycles. The lowest BCUT2D eigenvalue weighted by Gasteiger charge is -2.34. The van der Waals surface area contributed by atoms with Crippen LogP contribution < -0.4 is 9.47 Å². The topological polar surface area (TPSA) is 166 Å². The van der Waals surface area contributed by atoms with Gasteiger partial charge in [0.05, 0.1) is 32.7 Å². The average molecular weight is 922 g/mol. The van der Waals surface area contributed by atoms with E-state index in [4.69, 9.17) is 33.2 Å². The van der Waals surface area contributed by atoms with Crippen molar-refractivity contribution in [1.82, 2.24) is 24.5 Å². The molecule has 0 spiro atoms. The molecular weight excluding hydrogens is 839 g/mol. The highest BCUT2D eigenvalue weighted by molar-refractivity contribution is 5.75. The number of nitrogens with zero attached hydrogens (tertiary/aromatic N) is 5. The maximum atomic E-state index is 13.1. The third-order valence-corrected chi connectivity index (χ3v) is 8.97. The lowest BCUT2D eigenvalue weighted by Crippen LogP contribution is -2.49. The van der Waals surface area contributed by atoms with Gasteiger partial charge in [0, 0.05) is 65.4 Å². The number of hydrogen-bond donors (Lipinski definition) is 0. The van der Waals surface area contributed by atoms with E-state index in [0.29, 0.717) is 77.0 Å². The van der Waals surface area contributed by atoms with Crippen molar-refractivity contribution in [3.63, 3.8) is 0 Å². The van der Waals surface area contributed by atoms with E-state index < -0.39 is 39.9 Å². The SMILES string of the molecule is CC(C)(C)OC(=O)CN1CCN(CCOc2ccccc2OCCN(CC(=O)OC(C)(C)C)CC(=O)OC(C)(C)C)CCN(CC(=O)OC(C)(C)C)CCN(CC(=O)OC(C)(C)C)CC1. The van der Waals surface area contributed by atoms with Crippen molar-refractivity contribution in [2.75, 3.05) is 111 Å². The van der Waals surface area contributed by atoms with E-state index in [1.807, 2.05) is 95.2 Å². The van der Waals surface area contributed by atoms with Gasteiger partial charge in [-0.05, 0) is 116 Å². The van der Waals surface area contributed by atoms with E-state index >= 15 is 0 Å². The van der Waals surface area contributed by atoms with Crippen LogP contribution in [0, 0.1) is 0 Å². The van der Waals surface area contributed by atoms with Crippen LogP contribution in [-0.2, 0) is 47.7 Å². The van der Waals surface area contributed by atoms with Gasteiger partial charge in [0.2, 0.25) is 0 Å². The quantitative estimate of drug-likeness (QED) is 0.147. The number of para-hydroxylation sites is 2. The van der Waals surface area contributed by atoms with Crippen molar-refractivity contribution in [2.45, 2.75) is 132 Å². The maximum absolute atomic E-state index is 13.1. The third kappa shape index (κ3) is 28.6. The van der Waals surface area contributed by atoms with Crippen molar-refractivity contribution in [3.8, 4) is 11.5 Å². The fourth-order valence-electron chi connectivity index (χ4n) is 6.53. The standard InChI is InChI=1S/C48H83N5O12/c1-44(2,3)61-39(54)32-50-22-20-49(21-23-51(33-40(55)62-45(4,5)6)25-27-52(26-24-50)34-41(56)63-46(7,8)9)28-30-59-37-18-16-17-19-38(37)60-31-29-53(35-42(57)64-47(10,11)12)36-43(58)65-48(13,14)15/h16-19H,20-36H2,1-15H3. The highest BCUT2D eigenvalue weighted by atomic mass is 16.6. The number of carbonyl (C=O) groups is 5. The molecule has 0 N–H and O–H groups in total.